The second-order valence-corrected chi connectivity index (χ2v) is 7.52. The first-order valence-corrected chi connectivity index (χ1v) is 8.15. The SMILES string of the molecule is C=C1C(=O)O[C@@H]2[C@H]3[C@H](C)C4(CC[C@]3(C)CC[C@@H]12)OCCO4. The molecule has 1 spiro atoms. The lowest BCUT2D eigenvalue weighted by Crippen LogP contribution is -2.58. The number of hydrogen-bond acceptors (Lipinski definition) is 4. The smallest absolute Gasteiger partial charge is 0.334 e. The minimum absolute atomic E-state index is 0.0382. The Morgan fingerprint density at radius 3 is 2.62 bits per heavy atom. The van der Waals surface area contributed by atoms with Gasteiger partial charge in [-0.1, -0.05) is 20.4 Å². The fourth-order valence-electron chi connectivity index (χ4n) is 5.36. The van der Waals surface area contributed by atoms with Crippen LogP contribution in [0.25, 0.3) is 0 Å². The van der Waals surface area contributed by atoms with Crippen LogP contribution in [-0.2, 0) is 19.0 Å². The van der Waals surface area contributed by atoms with E-state index in [1.54, 1.807) is 0 Å². The molecule has 0 bridgehead atoms. The topological polar surface area (TPSA) is 44.8 Å². The van der Waals surface area contributed by atoms with Crippen LogP contribution in [0.2, 0.25) is 0 Å². The van der Waals surface area contributed by atoms with Gasteiger partial charge < -0.3 is 14.2 Å². The van der Waals surface area contributed by atoms with Crippen molar-refractivity contribution in [3.63, 3.8) is 0 Å². The van der Waals surface area contributed by atoms with Crippen LogP contribution < -0.4 is 0 Å². The number of carbonyl (C=O) groups is 1. The maximum atomic E-state index is 12.0. The Hall–Kier alpha value is -0.870. The monoisotopic (exact) mass is 292 g/mol. The molecule has 21 heavy (non-hydrogen) atoms. The van der Waals surface area contributed by atoms with E-state index in [2.05, 4.69) is 20.4 Å². The van der Waals surface area contributed by atoms with Crippen LogP contribution in [0.4, 0.5) is 0 Å². The maximum Gasteiger partial charge on any atom is 0.334 e. The summed E-state index contributed by atoms with van der Waals surface area (Å²) in [5.41, 5.74) is 0.883. The maximum absolute atomic E-state index is 12.0. The van der Waals surface area contributed by atoms with E-state index < -0.39 is 5.79 Å². The standard InChI is InChI=1S/C17H24O4/c1-10-12-4-5-16(3)6-7-17(19-8-9-20-17)11(2)13(16)14(12)21-15(10)18/h11-14H,1,4-9H2,2-3H3/t11-,12-,13+,14-,16-/m0/s1. The molecule has 0 aromatic rings. The van der Waals surface area contributed by atoms with Crippen LogP contribution in [-0.4, -0.2) is 31.1 Å². The summed E-state index contributed by atoms with van der Waals surface area (Å²) in [5, 5.41) is 0. The summed E-state index contributed by atoms with van der Waals surface area (Å²) in [6, 6.07) is 0. The van der Waals surface area contributed by atoms with E-state index >= 15 is 0 Å². The molecule has 0 amide bonds. The van der Waals surface area contributed by atoms with Crippen molar-refractivity contribution in [1.29, 1.82) is 0 Å². The van der Waals surface area contributed by atoms with E-state index in [0.29, 0.717) is 24.7 Å². The normalized spacial score (nSPS) is 48.1. The molecule has 116 valence electrons. The first-order chi connectivity index (χ1) is 9.97. The largest absolute Gasteiger partial charge is 0.458 e. The lowest BCUT2D eigenvalue weighted by Gasteiger charge is -2.56. The molecule has 4 rings (SSSR count). The molecule has 0 radical (unpaired) electrons. The van der Waals surface area contributed by atoms with Gasteiger partial charge in [0.2, 0.25) is 0 Å². The van der Waals surface area contributed by atoms with E-state index in [4.69, 9.17) is 14.2 Å². The van der Waals surface area contributed by atoms with Crippen molar-refractivity contribution in [3.8, 4) is 0 Å². The first kappa shape index (κ1) is 13.8. The third-order valence-electron chi connectivity index (χ3n) is 6.59. The second-order valence-electron chi connectivity index (χ2n) is 7.52. The molecule has 2 saturated heterocycles. The van der Waals surface area contributed by atoms with Gasteiger partial charge in [-0.2, -0.15) is 0 Å². The molecule has 2 heterocycles. The van der Waals surface area contributed by atoms with Crippen molar-refractivity contribution in [2.24, 2.45) is 23.2 Å². The third kappa shape index (κ3) is 1.72. The van der Waals surface area contributed by atoms with Gasteiger partial charge in [-0.25, -0.2) is 4.79 Å². The first-order valence-electron chi connectivity index (χ1n) is 8.15. The highest BCUT2D eigenvalue weighted by molar-refractivity contribution is 5.90. The molecule has 0 N–H and O–H groups in total. The molecule has 4 heteroatoms. The average Bonchev–Trinajstić information content (AvgIpc) is 3.03. The molecule has 0 unspecified atom stereocenters. The van der Waals surface area contributed by atoms with Crippen molar-refractivity contribution in [2.45, 2.75) is 51.4 Å². The molecule has 0 aromatic carbocycles. The molecule has 2 aliphatic carbocycles. The Labute approximate surface area is 125 Å². The summed E-state index contributed by atoms with van der Waals surface area (Å²) in [6.07, 6.45) is 4.14. The van der Waals surface area contributed by atoms with Crippen LogP contribution in [0.3, 0.4) is 0 Å². The summed E-state index contributed by atoms with van der Waals surface area (Å²) in [6.45, 7) is 9.87. The van der Waals surface area contributed by atoms with E-state index in [1.807, 2.05) is 0 Å². The summed E-state index contributed by atoms with van der Waals surface area (Å²) in [5.74, 6) is 0.0722. The highest BCUT2D eigenvalue weighted by Crippen LogP contribution is 2.61. The minimum atomic E-state index is -0.456. The van der Waals surface area contributed by atoms with Gasteiger partial charge in [0.25, 0.3) is 0 Å². The van der Waals surface area contributed by atoms with Gasteiger partial charge in [0.1, 0.15) is 6.10 Å². The zero-order valence-electron chi connectivity index (χ0n) is 12.9. The number of carbonyl (C=O) groups excluding carboxylic acids is 1. The molecular weight excluding hydrogens is 268 g/mol. The zero-order chi connectivity index (χ0) is 14.8. The molecule has 4 aliphatic rings. The van der Waals surface area contributed by atoms with Crippen molar-refractivity contribution in [2.75, 3.05) is 13.2 Å². The summed E-state index contributed by atoms with van der Waals surface area (Å²) in [7, 11) is 0. The molecule has 4 fully saturated rings. The Bertz CT molecular complexity index is 493. The van der Waals surface area contributed by atoms with Crippen LogP contribution in [0.15, 0.2) is 12.2 Å². The number of esters is 1. The highest BCUT2D eigenvalue weighted by Gasteiger charge is 2.62. The molecular formula is C17H24O4. The molecule has 0 aromatic heterocycles. The van der Waals surface area contributed by atoms with Crippen LogP contribution >= 0.6 is 0 Å². The third-order valence-corrected chi connectivity index (χ3v) is 6.59. The van der Waals surface area contributed by atoms with Crippen molar-refractivity contribution in [3.05, 3.63) is 12.2 Å². The Balaban J connectivity index is 1.71. The Morgan fingerprint density at radius 2 is 1.90 bits per heavy atom. The molecule has 2 aliphatic heterocycles. The van der Waals surface area contributed by atoms with Crippen molar-refractivity contribution in [1.82, 2.24) is 0 Å². The van der Waals surface area contributed by atoms with E-state index in [1.165, 1.54) is 0 Å². The summed E-state index contributed by atoms with van der Waals surface area (Å²) < 4.78 is 17.7. The van der Waals surface area contributed by atoms with Crippen LogP contribution in [0.1, 0.15) is 39.5 Å². The van der Waals surface area contributed by atoms with Crippen molar-refractivity contribution >= 4 is 5.97 Å². The number of rotatable bonds is 0. The number of hydrogen-bond donors (Lipinski definition) is 0. The van der Waals surface area contributed by atoms with Gasteiger partial charge in [0.15, 0.2) is 5.79 Å². The quantitative estimate of drug-likeness (QED) is 0.508. The Morgan fingerprint density at radius 1 is 1.19 bits per heavy atom. The minimum Gasteiger partial charge on any atom is -0.458 e. The number of ether oxygens (including phenoxy) is 3. The van der Waals surface area contributed by atoms with Gasteiger partial charge in [0, 0.05) is 29.7 Å². The van der Waals surface area contributed by atoms with E-state index in [9.17, 15) is 4.79 Å². The van der Waals surface area contributed by atoms with Gasteiger partial charge >= 0.3 is 5.97 Å². The van der Waals surface area contributed by atoms with Crippen molar-refractivity contribution < 1.29 is 19.0 Å². The molecule has 4 nitrogen and oxygen atoms in total. The fourth-order valence-corrected chi connectivity index (χ4v) is 5.36. The molecule has 2 saturated carbocycles. The van der Waals surface area contributed by atoms with Gasteiger partial charge in [-0.3, -0.25) is 0 Å². The van der Waals surface area contributed by atoms with E-state index in [0.717, 1.165) is 25.7 Å². The number of fused-ring (bicyclic) bond motifs is 3. The summed E-state index contributed by atoms with van der Waals surface area (Å²) in [4.78, 5) is 12.0. The Kier molecular flexibility index (Phi) is 2.84. The van der Waals surface area contributed by atoms with Gasteiger partial charge in [-0.15, -0.1) is 0 Å². The fraction of sp³-hybridized carbons (Fsp3) is 0.824. The van der Waals surface area contributed by atoms with Crippen LogP contribution in [0.5, 0.6) is 0 Å². The predicted molar refractivity (Wildman–Crippen MR) is 76.4 cm³/mol. The zero-order valence-corrected chi connectivity index (χ0v) is 12.9. The molecule has 5 atom stereocenters. The lowest BCUT2D eigenvalue weighted by molar-refractivity contribution is -0.261. The summed E-state index contributed by atoms with van der Waals surface area (Å²) >= 11 is 0. The second kappa shape index (κ2) is 4.32. The van der Waals surface area contributed by atoms with E-state index in [-0.39, 0.29) is 29.3 Å². The van der Waals surface area contributed by atoms with Gasteiger partial charge in [0.05, 0.1) is 13.2 Å². The van der Waals surface area contributed by atoms with Crippen LogP contribution in [0, 0.1) is 23.2 Å². The average molecular weight is 292 g/mol. The lowest BCUT2D eigenvalue weighted by atomic mass is 9.52. The predicted octanol–water partition coefficient (Wildman–Crippen LogP) is 2.67. The highest BCUT2D eigenvalue weighted by atomic mass is 16.7. The van der Waals surface area contributed by atoms with Gasteiger partial charge in [-0.05, 0) is 24.7 Å².